The van der Waals surface area contributed by atoms with Gasteiger partial charge in [0, 0.05) is 0 Å². The van der Waals surface area contributed by atoms with Gasteiger partial charge in [-0.3, -0.25) is 0 Å². The molecule has 5 aromatic rings. The molecule has 0 bridgehead atoms. The van der Waals surface area contributed by atoms with Crippen LogP contribution in [-0.4, -0.2) is 23.2 Å². The van der Waals surface area contributed by atoms with Crippen molar-refractivity contribution in [1.82, 2.24) is 9.97 Å². The van der Waals surface area contributed by atoms with E-state index < -0.39 is 13.3 Å². The molecule has 2 nitrogen and oxygen atoms in total. The third-order valence-corrected chi connectivity index (χ3v) is 10.6. The van der Waals surface area contributed by atoms with Crippen molar-refractivity contribution in [2.45, 2.75) is 24.2 Å². The second-order valence-corrected chi connectivity index (χ2v) is 19.8. The standard InChI is InChI=1S/C28H26GeN2/c1-19-16-22(13-15-26(19)29(2,3)4)28-25-14-12-21(17-27(25)30-18-31-28)24-11-7-9-20-8-5-6-10-23(20)24/h5-18H,1-4H3. The first-order valence-corrected chi connectivity index (χ1v) is 18.1. The van der Waals surface area contributed by atoms with Crippen LogP contribution in [0, 0.1) is 6.92 Å². The van der Waals surface area contributed by atoms with Gasteiger partial charge >= 0.3 is 162 Å². The zero-order valence-corrected chi connectivity index (χ0v) is 20.6. The fourth-order valence-corrected chi connectivity index (χ4v) is 8.44. The summed E-state index contributed by atoms with van der Waals surface area (Å²) in [5.74, 6) is 7.32. The van der Waals surface area contributed by atoms with Crippen LogP contribution in [0.2, 0.25) is 17.3 Å². The van der Waals surface area contributed by atoms with Crippen molar-refractivity contribution in [2.75, 3.05) is 0 Å². The van der Waals surface area contributed by atoms with E-state index in [-0.39, 0.29) is 0 Å². The molecule has 0 fully saturated rings. The van der Waals surface area contributed by atoms with E-state index in [0.717, 1.165) is 16.6 Å². The number of nitrogens with zero attached hydrogens (tertiary/aromatic N) is 2. The van der Waals surface area contributed by atoms with Crippen molar-refractivity contribution in [1.29, 1.82) is 0 Å². The van der Waals surface area contributed by atoms with Gasteiger partial charge in [0.05, 0.1) is 0 Å². The molecule has 0 aliphatic carbocycles. The summed E-state index contributed by atoms with van der Waals surface area (Å²) in [5.41, 5.74) is 6.94. The van der Waals surface area contributed by atoms with Crippen molar-refractivity contribution in [3.63, 3.8) is 0 Å². The molecular weight excluding hydrogens is 437 g/mol. The van der Waals surface area contributed by atoms with E-state index in [9.17, 15) is 0 Å². The van der Waals surface area contributed by atoms with Gasteiger partial charge in [0.1, 0.15) is 0 Å². The zero-order chi connectivity index (χ0) is 21.6. The quantitative estimate of drug-likeness (QED) is 0.270. The van der Waals surface area contributed by atoms with E-state index in [1.54, 1.807) is 10.7 Å². The van der Waals surface area contributed by atoms with E-state index in [4.69, 9.17) is 0 Å². The normalized spacial score (nSPS) is 11.9. The van der Waals surface area contributed by atoms with Crippen molar-refractivity contribution >= 4 is 39.3 Å². The molecule has 1 heterocycles. The molecule has 0 saturated heterocycles. The molecule has 5 rings (SSSR count). The van der Waals surface area contributed by atoms with Crippen LogP contribution in [0.4, 0.5) is 0 Å². The molecule has 0 radical (unpaired) electrons. The molecule has 0 N–H and O–H groups in total. The van der Waals surface area contributed by atoms with Crippen molar-refractivity contribution < 1.29 is 0 Å². The van der Waals surface area contributed by atoms with Gasteiger partial charge < -0.3 is 0 Å². The molecular formula is C28H26GeN2. The number of fused-ring (bicyclic) bond motifs is 2. The van der Waals surface area contributed by atoms with Crippen LogP contribution < -0.4 is 4.40 Å². The van der Waals surface area contributed by atoms with Gasteiger partial charge in [-0.1, -0.05) is 24.3 Å². The third-order valence-electron chi connectivity index (χ3n) is 6.05. The average molecular weight is 463 g/mol. The molecule has 4 aromatic carbocycles. The van der Waals surface area contributed by atoms with Crippen molar-refractivity contribution in [3.8, 4) is 22.4 Å². The number of rotatable bonds is 3. The molecule has 0 saturated carbocycles. The maximum atomic E-state index is 4.67. The fraction of sp³-hybridized carbons (Fsp3) is 0.143. The third kappa shape index (κ3) is 3.66. The molecule has 0 amide bonds. The predicted molar refractivity (Wildman–Crippen MR) is 136 cm³/mol. The summed E-state index contributed by atoms with van der Waals surface area (Å²) in [7, 11) is 0. The molecule has 31 heavy (non-hydrogen) atoms. The Labute approximate surface area is 186 Å². The van der Waals surface area contributed by atoms with Gasteiger partial charge in [0.25, 0.3) is 0 Å². The Morgan fingerprint density at radius 3 is 2.26 bits per heavy atom. The van der Waals surface area contributed by atoms with Crippen LogP contribution in [0.1, 0.15) is 5.56 Å². The Hall–Kier alpha value is -2.98. The molecule has 0 atom stereocenters. The molecule has 0 aliphatic rings. The second-order valence-electron chi connectivity index (χ2n) is 9.26. The summed E-state index contributed by atoms with van der Waals surface area (Å²) >= 11 is -1.88. The van der Waals surface area contributed by atoms with Crippen molar-refractivity contribution in [3.05, 3.63) is 90.8 Å². The average Bonchev–Trinajstić information content (AvgIpc) is 2.77. The number of aromatic nitrogens is 2. The van der Waals surface area contributed by atoms with Gasteiger partial charge in [0.15, 0.2) is 0 Å². The summed E-state index contributed by atoms with van der Waals surface area (Å²) < 4.78 is 1.56. The van der Waals surface area contributed by atoms with E-state index in [2.05, 4.69) is 113 Å². The first-order chi connectivity index (χ1) is 14.9. The molecule has 1 aromatic heterocycles. The SMILES string of the molecule is Cc1cc(-c2ncnc3cc(-c4cccc5ccccc45)ccc23)cc[c]1[Ge]([CH3])([CH3])[CH3]. The summed E-state index contributed by atoms with van der Waals surface area (Å²) in [5, 5.41) is 3.61. The van der Waals surface area contributed by atoms with Gasteiger partial charge in [-0.25, -0.2) is 0 Å². The van der Waals surface area contributed by atoms with E-state index in [0.29, 0.717) is 0 Å². The summed E-state index contributed by atoms with van der Waals surface area (Å²) in [6.45, 7) is 2.23. The number of hydrogen-bond donors (Lipinski definition) is 0. The topological polar surface area (TPSA) is 25.8 Å². The van der Waals surface area contributed by atoms with Gasteiger partial charge in [0.2, 0.25) is 0 Å². The van der Waals surface area contributed by atoms with E-state index >= 15 is 0 Å². The summed E-state index contributed by atoms with van der Waals surface area (Å²) in [4.78, 5) is 9.28. The van der Waals surface area contributed by atoms with Crippen LogP contribution in [0.5, 0.6) is 0 Å². The Morgan fingerprint density at radius 1 is 0.677 bits per heavy atom. The second kappa shape index (κ2) is 7.61. The molecule has 152 valence electrons. The van der Waals surface area contributed by atoms with Crippen LogP contribution in [0.25, 0.3) is 44.1 Å². The van der Waals surface area contributed by atoms with Crippen LogP contribution in [0.3, 0.4) is 0 Å². The molecule has 0 aliphatic heterocycles. The zero-order valence-electron chi connectivity index (χ0n) is 18.5. The number of benzene rings is 4. The minimum absolute atomic E-state index is 0.977. The van der Waals surface area contributed by atoms with Crippen LogP contribution in [-0.2, 0) is 0 Å². The molecule has 0 spiro atoms. The summed E-state index contributed by atoms with van der Waals surface area (Å²) in [6, 6.07) is 28.4. The number of hydrogen-bond acceptors (Lipinski definition) is 2. The van der Waals surface area contributed by atoms with Gasteiger partial charge in [-0.2, -0.15) is 0 Å². The predicted octanol–water partition coefficient (Wildman–Crippen LogP) is 6.97. The maximum absolute atomic E-state index is 4.67. The summed E-state index contributed by atoms with van der Waals surface area (Å²) in [6.07, 6.45) is 1.69. The first kappa shape index (κ1) is 20.0. The monoisotopic (exact) mass is 464 g/mol. The van der Waals surface area contributed by atoms with Crippen LogP contribution >= 0.6 is 0 Å². The van der Waals surface area contributed by atoms with Crippen LogP contribution in [0.15, 0.2) is 85.2 Å². The van der Waals surface area contributed by atoms with E-state index in [1.807, 2.05) is 0 Å². The Balaban J connectivity index is 1.64. The Kier molecular flexibility index (Phi) is 4.90. The fourth-order valence-electron chi connectivity index (χ4n) is 4.58. The van der Waals surface area contributed by atoms with E-state index in [1.165, 1.54) is 33.0 Å². The van der Waals surface area contributed by atoms with Crippen molar-refractivity contribution in [2.24, 2.45) is 0 Å². The Morgan fingerprint density at radius 2 is 1.45 bits per heavy atom. The minimum atomic E-state index is -1.88. The molecule has 0 unspecified atom stereocenters. The number of aryl methyl sites for hydroxylation is 1. The molecule has 3 heteroatoms. The van der Waals surface area contributed by atoms with Gasteiger partial charge in [-0.05, 0) is 0 Å². The Bertz CT molecular complexity index is 1430. The van der Waals surface area contributed by atoms with Gasteiger partial charge in [-0.15, -0.1) is 0 Å². The first-order valence-electron chi connectivity index (χ1n) is 10.8.